The van der Waals surface area contributed by atoms with Crippen LogP contribution in [-0.2, 0) is 9.24 Å². The van der Waals surface area contributed by atoms with Crippen LogP contribution in [0, 0.1) is 0 Å². The summed E-state index contributed by atoms with van der Waals surface area (Å²) in [4.78, 5) is 11.6. The number of para-hydroxylation sites is 1. The van der Waals surface area contributed by atoms with Crippen molar-refractivity contribution in [3.63, 3.8) is 0 Å². The van der Waals surface area contributed by atoms with Gasteiger partial charge in [-0.05, 0) is 23.0 Å². The lowest BCUT2D eigenvalue weighted by atomic mass is 9.94. The van der Waals surface area contributed by atoms with Crippen molar-refractivity contribution in [1.82, 2.24) is 4.72 Å². The zero-order valence-electron chi connectivity index (χ0n) is 11.8. The Hall–Kier alpha value is -1.27. The lowest BCUT2D eigenvalue weighted by Gasteiger charge is -2.18. The molecule has 0 atom stereocenters. The molecule has 0 saturated carbocycles. The van der Waals surface area contributed by atoms with Crippen molar-refractivity contribution >= 4 is 26.0 Å². The summed E-state index contributed by atoms with van der Waals surface area (Å²) in [5.41, 5.74) is 1.66. The van der Waals surface area contributed by atoms with E-state index in [0.717, 1.165) is 11.1 Å². The van der Waals surface area contributed by atoms with E-state index in [0.29, 0.717) is 5.75 Å². The molecule has 1 N–H and O–H groups in total. The summed E-state index contributed by atoms with van der Waals surface area (Å²) < 4.78 is 28.4. The Balaban J connectivity index is 3.17. The van der Waals surface area contributed by atoms with E-state index in [9.17, 15) is 13.2 Å². The molecular formula is C13H18ClNO4S. The summed E-state index contributed by atoms with van der Waals surface area (Å²) in [7, 11) is 0.797. The van der Waals surface area contributed by atoms with Crippen molar-refractivity contribution in [2.75, 3.05) is 0 Å². The number of ether oxygens (including phenoxy) is 1. The standard InChI is InChI=1S/C13H18ClNO4S/c1-8(2)10-6-5-7-11(9(3)4)12(10)19-13(16)15-20(14,17)18/h5-9H,1-4H3,(H,15,16). The summed E-state index contributed by atoms with van der Waals surface area (Å²) in [6.45, 7) is 7.84. The van der Waals surface area contributed by atoms with Crippen molar-refractivity contribution in [2.24, 2.45) is 0 Å². The van der Waals surface area contributed by atoms with Crippen LogP contribution >= 0.6 is 10.7 Å². The van der Waals surface area contributed by atoms with Crippen LogP contribution in [0.3, 0.4) is 0 Å². The van der Waals surface area contributed by atoms with Gasteiger partial charge in [-0.1, -0.05) is 45.9 Å². The molecule has 1 amide bonds. The van der Waals surface area contributed by atoms with E-state index in [1.54, 1.807) is 4.72 Å². The van der Waals surface area contributed by atoms with E-state index < -0.39 is 15.3 Å². The monoisotopic (exact) mass is 319 g/mol. The summed E-state index contributed by atoms with van der Waals surface area (Å²) in [5, 5.41) is 0. The van der Waals surface area contributed by atoms with Gasteiger partial charge in [0.1, 0.15) is 5.75 Å². The molecule has 0 bridgehead atoms. The third-order valence-corrected chi connectivity index (χ3v) is 3.36. The van der Waals surface area contributed by atoms with E-state index in [-0.39, 0.29) is 11.8 Å². The zero-order chi connectivity index (χ0) is 15.5. The quantitative estimate of drug-likeness (QED) is 0.862. The Morgan fingerprint density at radius 1 is 1.15 bits per heavy atom. The molecule has 0 aliphatic rings. The van der Waals surface area contributed by atoms with Gasteiger partial charge < -0.3 is 4.74 Å². The third-order valence-electron chi connectivity index (χ3n) is 2.72. The summed E-state index contributed by atoms with van der Waals surface area (Å²) in [6, 6.07) is 5.57. The first-order valence-electron chi connectivity index (χ1n) is 6.18. The van der Waals surface area contributed by atoms with Gasteiger partial charge >= 0.3 is 15.3 Å². The summed E-state index contributed by atoms with van der Waals surface area (Å²) in [6.07, 6.45) is -1.12. The number of carbonyl (C=O) groups is 1. The molecule has 112 valence electrons. The molecule has 1 aromatic carbocycles. The largest absolute Gasteiger partial charge is 0.427 e. The van der Waals surface area contributed by atoms with Gasteiger partial charge in [0.15, 0.2) is 0 Å². The van der Waals surface area contributed by atoms with Crippen molar-refractivity contribution in [3.8, 4) is 5.75 Å². The molecule has 5 nitrogen and oxygen atoms in total. The maximum Gasteiger partial charge on any atom is 0.427 e. The molecule has 0 unspecified atom stereocenters. The minimum absolute atomic E-state index is 0.129. The Bertz CT molecular complexity index is 570. The number of benzene rings is 1. The zero-order valence-corrected chi connectivity index (χ0v) is 13.4. The van der Waals surface area contributed by atoms with E-state index in [1.807, 2.05) is 45.9 Å². The van der Waals surface area contributed by atoms with E-state index >= 15 is 0 Å². The highest BCUT2D eigenvalue weighted by molar-refractivity contribution is 8.12. The maximum absolute atomic E-state index is 11.6. The Kier molecular flexibility index (Phi) is 5.42. The van der Waals surface area contributed by atoms with Gasteiger partial charge in [0.2, 0.25) is 0 Å². The normalized spacial score (nSPS) is 11.8. The molecule has 1 rings (SSSR count). The molecule has 1 aromatic rings. The fourth-order valence-corrected chi connectivity index (χ4v) is 2.24. The van der Waals surface area contributed by atoms with Gasteiger partial charge in [-0.15, -0.1) is 0 Å². The van der Waals surface area contributed by atoms with Crippen LogP contribution in [0.4, 0.5) is 4.79 Å². The molecule has 0 aliphatic heterocycles. The second-order valence-electron chi connectivity index (χ2n) is 5.00. The van der Waals surface area contributed by atoms with Crippen molar-refractivity contribution in [2.45, 2.75) is 39.5 Å². The number of halogens is 1. The molecule has 0 heterocycles. The van der Waals surface area contributed by atoms with Gasteiger partial charge in [0.05, 0.1) is 0 Å². The van der Waals surface area contributed by atoms with E-state index in [4.69, 9.17) is 15.4 Å². The first kappa shape index (κ1) is 16.8. The number of carbonyl (C=O) groups excluding carboxylic acids is 1. The van der Waals surface area contributed by atoms with Crippen LogP contribution < -0.4 is 9.46 Å². The molecule has 0 fully saturated rings. The van der Waals surface area contributed by atoms with E-state index in [2.05, 4.69) is 0 Å². The average Bonchev–Trinajstić information content (AvgIpc) is 2.25. The second-order valence-corrected chi connectivity index (χ2v) is 7.30. The van der Waals surface area contributed by atoms with Crippen LogP contribution in [0.5, 0.6) is 5.75 Å². The van der Waals surface area contributed by atoms with Crippen molar-refractivity contribution < 1.29 is 17.9 Å². The van der Waals surface area contributed by atoms with Crippen LogP contribution in [-0.4, -0.2) is 14.5 Å². The van der Waals surface area contributed by atoms with Crippen LogP contribution in [0.1, 0.15) is 50.7 Å². The lowest BCUT2D eigenvalue weighted by molar-refractivity contribution is 0.206. The number of rotatable bonds is 4. The molecule has 0 aromatic heterocycles. The Labute approximate surface area is 123 Å². The number of hydrogen-bond acceptors (Lipinski definition) is 4. The highest BCUT2D eigenvalue weighted by Gasteiger charge is 2.20. The molecular weight excluding hydrogens is 302 g/mol. The topological polar surface area (TPSA) is 72.5 Å². The smallest absolute Gasteiger partial charge is 0.409 e. The number of amides is 1. The molecule has 0 saturated heterocycles. The van der Waals surface area contributed by atoms with Gasteiger partial charge in [0.25, 0.3) is 0 Å². The Morgan fingerprint density at radius 3 is 1.95 bits per heavy atom. The number of nitrogens with one attached hydrogen (secondary N) is 1. The molecule has 20 heavy (non-hydrogen) atoms. The van der Waals surface area contributed by atoms with Crippen molar-refractivity contribution in [1.29, 1.82) is 0 Å². The predicted molar refractivity (Wildman–Crippen MR) is 78.6 cm³/mol. The lowest BCUT2D eigenvalue weighted by Crippen LogP contribution is -2.30. The number of hydrogen-bond donors (Lipinski definition) is 1. The first-order chi connectivity index (χ1) is 9.11. The van der Waals surface area contributed by atoms with Crippen LogP contribution in [0.15, 0.2) is 18.2 Å². The maximum atomic E-state index is 11.6. The fraction of sp³-hybridized carbons (Fsp3) is 0.462. The minimum atomic E-state index is -4.16. The van der Waals surface area contributed by atoms with Crippen LogP contribution in [0.2, 0.25) is 0 Å². The van der Waals surface area contributed by atoms with E-state index in [1.165, 1.54) is 0 Å². The molecule has 7 heteroatoms. The molecule has 0 spiro atoms. The minimum Gasteiger partial charge on any atom is -0.409 e. The Morgan fingerprint density at radius 2 is 1.60 bits per heavy atom. The van der Waals surface area contributed by atoms with Gasteiger partial charge in [-0.2, -0.15) is 8.42 Å². The fourth-order valence-electron chi connectivity index (χ4n) is 1.81. The van der Waals surface area contributed by atoms with Crippen LogP contribution in [0.25, 0.3) is 0 Å². The SMILES string of the molecule is CC(C)c1cccc(C(C)C)c1OC(=O)NS(=O)(=O)Cl. The summed E-state index contributed by atoms with van der Waals surface area (Å²) in [5.74, 6) is 0.642. The van der Waals surface area contributed by atoms with Crippen molar-refractivity contribution in [3.05, 3.63) is 29.3 Å². The van der Waals surface area contributed by atoms with Gasteiger partial charge in [-0.3, -0.25) is 0 Å². The highest BCUT2D eigenvalue weighted by Crippen LogP contribution is 2.34. The highest BCUT2D eigenvalue weighted by atomic mass is 35.7. The predicted octanol–water partition coefficient (Wildman–Crippen LogP) is 3.51. The molecule has 0 aliphatic carbocycles. The second kappa shape index (κ2) is 6.45. The molecule has 0 radical (unpaired) electrons. The third kappa shape index (κ3) is 4.68. The van der Waals surface area contributed by atoms with Gasteiger partial charge in [-0.25, -0.2) is 9.52 Å². The average molecular weight is 320 g/mol. The van der Waals surface area contributed by atoms with Gasteiger partial charge in [0, 0.05) is 10.7 Å². The first-order valence-corrected chi connectivity index (χ1v) is 8.49. The summed E-state index contributed by atoms with van der Waals surface area (Å²) >= 11 is 0.